The lowest BCUT2D eigenvalue weighted by Crippen LogP contribution is -2.28. The highest BCUT2D eigenvalue weighted by Gasteiger charge is 2.01. The van der Waals surface area contributed by atoms with Gasteiger partial charge in [0, 0.05) is 24.5 Å². The van der Waals surface area contributed by atoms with E-state index in [0.717, 1.165) is 30.8 Å². The molecule has 0 radical (unpaired) electrons. The summed E-state index contributed by atoms with van der Waals surface area (Å²) >= 11 is 0. The van der Waals surface area contributed by atoms with Crippen LogP contribution < -0.4 is 4.74 Å². The molecule has 114 valence electrons. The first kappa shape index (κ1) is 16.0. The van der Waals surface area contributed by atoms with E-state index < -0.39 is 0 Å². The van der Waals surface area contributed by atoms with E-state index in [0.29, 0.717) is 12.6 Å². The standard InChI is InChI=1S/C18H21N3O/c1-3-21(4-2)12-13-22-18-19-14-17(15-20-18)11-10-16-8-6-5-7-9-16/h5-9,14-15H,3-4,12-13H2,1-2H3. The summed E-state index contributed by atoms with van der Waals surface area (Å²) < 4.78 is 5.55. The Morgan fingerprint density at radius 1 is 0.955 bits per heavy atom. The minimum Gasteiger partial charge on any atom is -0.462 e. The van der Waals surface area contributed by atoms with Gasteiger partial charge in [-0.05, 0) is 25.2 Å². The van der Waals surface area contributed by atoms with Gasteiger partial charge in [-0.1, -0.05) is 43.9 Å². The zero-order valence-electron chi connectivity index (χ0n) is 13.1. The van der Waals surface area contributed by atoms with Crippen molar-refractivity contribution in [1.29, 1.82) is 0 Å². The van der Waals surface area contributed by atoms with Crippen molar-refractivity contribution in [2.24, 2.45) is 0 Å². The molecule has 22 heavy (non-hydrogen) atoms. The third-order valence-electron chi connectivity index (χ3n) is 3.29. The Bertz CT molecular complexity index is 610. The van der Waals surface area contributed by atoms with Gasteiger partial charge < -0.3 is 9.64 Å². The lowest BCUT2D eigenvalue weighted by molar-refractivity contribution is 0.212. The van der Waals surface area contributed by atoms with Crippen molar-refractivity contribution in [2.45, 2.75) is 13.8 Å². The predicted molar refractivity (Wildman–Crippen MR) is 87.7 cm³/mol. The fourth-order valence-corrected chi connectivity index (χ4v) is 1.93. The molecule has 1 aromatic heterocycles. The van der Waals surface area contributed by atoms with Crippen LogP contribution >= 0.6 is 0 Å². The highest BCUT2D eigenvalue weighted by atomic mass is 16.5. The first-order chi connectivity index (χ1) is 10.8. The molecule has 0 saturated carbocycles. The van der Waals surface area contributed by atoms with Gasteiger partial charge in [0.1, 0.15) is 6.61 Å². The van der Waals surface area contributed by atoms with Gasteiger partial charge in [-0.25, -0.2) is 9.97 Å². The zero-order chi connectivity index (χ0) is 15.6. The van der Waals surface area contributed by atoms with Crippen LogP contribution in [0.5, 0.6) is 6.01 Å². The molecule has 0 aliphatic rings. The molecule has 0 spiro atoms. The molecular formula is C18H21N3O. The fraction of sp³-hybridized carbons (Fsp3) is 0.333. The first-order valence-electron chi connectivity index (χ1n) is 7.56. The Kier molecular flexibility index (Phi) is 6.40. The summed E-state index contributed by atoms with van der Waals surface area (Å²) in [6, 6.07) is 10.2. The molecule has 0 atom stereocenters. The summed E-state index contributed by atoms with van der Waals surface area (Å²) in [6.45, 7) is 7.80. The fourth-order valence-electron chi connectivity index (χ4n) is 1.93. The summed E-state index contributed by atoms with van der Waals surface area (Å²) in [4.78, 5) is 10.7. The molecule has 0 aliphatic carbocycles. The van der Waals surface area contributed by atoms with Crippen LogP contribution in [-0.2, 0) is 0 Å². The van der Waals surface area contributed by atoms with Crippen LogP contribution in [0.25, 0.3) is 0 Å². The SMILES string of the molecule is CCN(CC)CCOc1ncc(C#Cc2ccccc2)cn1. The van der Waals surface area contributed by atoms with E-state index in [1.165, 1.54) is 0 Å². The van der Waals surface area contributed by atoms with Crippen molar-refractivity contribution in [3.8, 4) is 17.9 Å². The van der Waals surface area contributed by atoms with E-state index in [2.05, 4.69) is 40.6 Å². The molecule has 2 rings (SSSR count). The smallest absolute Gasteiger partial charge is 0.316 e. The van der Waals surface area contributed by atoms with E-state index in [1.54, 1.807) is 12.4 Å². The van der Waals surface area contributed by atoms with Gasteiger partial charge in [-0.15, -0.1) is 0 Å². The Morgan fingerprint density at radius 2 is 1.59 bits per heavy atom. The first-order valence-corrected chi connectivity index (χ1v) is 7.56. The second-order valence-electron chi connectivity index (χ2n) is 4.75. The highest BCUT2D eigenvalue weighted by molar-refractivity contribution is 5.40. The number of aromatic nitrogens is 2. The van der Waals surface area contributed by atoms with Crippen molar-refractivity contribution in [3.05, 3.63) is 53.9 Å². The second kappa shape index (κ2) is 8.81. The summed E-state index contributed by atoms with van der Waals surface area (Å²) in [5.74, 6) is 6.12. The molecule has 1 heterocycles. The average molecular weight is 295 g/mol. The van der Waals surface area contributed by atoms with Crippen LogP contribution in [0.4, 0.5) is 0 Å². The molecule has 0 N–H and O–H groups in total. The van der Waals surface area contributed by atoms with Gasteiger partial charge in [0.05, 0.1) is 5.56 Å². The molecule has 0 fully saturated rings. The van der Waals surface area contributed by atoms with Gasteiger partial charge in [-0.3, -0.25) is 0 Å². The average Bonchev–Trinajstić information content (AvgIpc) is 2.59. The Labute approximate surface area is 132 Å². The van der Waals surface area contributed by atoms with E-state index in [4.69, 9.17) is 4.74 Å². The maximum absolute atomic E-state index is 5.55. The Balaban J connectivity index is 1.87. The van der Waals surface area contributed by atoms with Gasteiger partial charge in [0.2, 0.25) is 0 Å². The number of rotatable bonds is 6. The topological polar surface area (TPSA) is 38.2 Å². The molecule has 2 aromatic rings. The van der Waals surface area contributed by atoms with Crippen LogP contribution in [-0.4, -0.2) is 41.1 Å². The molecule has 0 amide bonds. The molecule has 0 unspecified atom stereocenters. The summed E-state index contributed by atoms with van der Waals surface area (Å²) in [5, 5.41) is 0. The van der Waals surface area contributed by atoms with Crippen molar-refractivity contribution in [2.75, 3.05) is 26.2 Å². The molecule has 4 nitrogen and oxygen atoms in total. The van der Waals surface area contributed by atoms with Gasteiger partial charge in [-0.2, -0.15) is 0 Å². The largest absolute Gasteiger partial charge is 0.462 e. The van der Waals surface area contributed by atoms with Crippen LogP contribution in [0, 0.1) is 11.8 Å². The zero-order valence-corrected chi connectivity index (χ0v) is 13.1. The Hall–Kier alpha value is -2.38. The number of hydrogen-bond acceptors (Lipinski definition) is 4. The molecule has 0 bridgehead atoms. The number of benzene rings is 1. The van der Waals surface area contributed by atoms with Crippen LogP contribution in [0.2, 0.25) is 0 Å². The van der Waals surface area contributed by atoms with Gasteiger partial charge >= 0.3 is 6.01 Å². The maximum Gasteiger partial charge on any atom is 0.316 e. The molecule has 1 aromatic carbocycles. The van der Waals surface area contributed by atoms with E-state index in [9.17, 15) is 0 Å². The lowest BCUT2D eigenvalue weighted by atomic mass is 10.2. The summed E-state index contributed by atoms with van der Waals surface area (Å²) in [5.41, 5.74) is 1.75. The monoisotopic (exact) mass is 295 g/mol. The molecule has 0 saturated heterocycles. The third-order valence-corrected chi connectivity index (χ3v) is 3.29. The second-order valence-corrected chi connectivity index (χ2v) is 4.75. The molecule has 0 aliphatic heterocycles. The van der Waals surface area contributed by atoms with Gasteiger partial charge in [0.25, 0.3) is 0 Å². The van der Waals surface area contributed by atoms with E-state index >= 15 is 0 Å². The molecule has 4 heteroatoms. The van der Waals surface area contributed by atoms with E-state index in [-0.39, 0.29) is 0 Å². The minimum absolute atomic E-state index is 0.400. The van der Waals surface area contributed by atoms with Crippen LogP contribution in [0.1, 0.15) is 25.0 Å². The summed E-state index contributed by atoms with van der Waals surface area (Å²) in [7, 11) is 0. The minimum atomic E-state index is 0.400. The van der Waals surface area contributed by atoms with Crippen molar-refractivity contribution in [3.63, 3.8) is 0 Å². The number of ether oxygens (including phenoxy) is 1. The van der Waals surface area contributed by atoms with Crippen molar-refractivity contribution in [1.82, 2.24) is 14.9 Å². The summed E-state index contributed by atoms with van der Waals surface area (Å²) in [6.07, 6.45) is 3.38. The highest BCUT2D eigenvalue weighted by Crippen LogP contribution is 2.03. The number of hydrogen-bond donors (Lipinski definition) is 0. The van der Waals surface area contributed by atoms with Crippen LogP contribution in [0.3, 0.4) is 0 Å². The predicted octanol–water partition coefficient (Wildman–Crippen LogP) is 2.60. The number of likely N-dealkylation sites (N-methyl/N-ethyl adjacent to an activating group) is 1. The van der Waals surface area contributed by atoms with E-state index in [1.807, 2.05) is 30.3 Å². The maximum atomic E-state index is 5.55. The van der Waals surface area contributed by atoms with Crippen molar-refractivity contribution < 1.29 is 4.74 Å². The Morgan fingerprint density at radius 3 is 2.23 bits per heavy atom. The molecular weight excluding hydrogens is 274 g/mol. The quantitative estimate of drug-likeness (QED) is 0.768. The van der Waals surface area contributed by atoms with Gasteiger partial charge in [0.15, 0.2) is 0 Å². The lowest BCUT2D eigenvalue weighted by Gasteiger charge is -2.17. The third kappa shape index (κ3) is 5.19. The number of nitrogens with zero attached hydrogens (tertiary/aromatic N) is 3. The normalized spacial score (nSPS) is 10.1. The van der Waals surface area contributed by atoms with Crippen LogP contribution in [0.15, 0.2) is 42.7 Å². The van der Waals surface area contributed by atoms with Crippen molar-refractivity contribution >= 4 is 0 Å².